The average Bonchev–Trinajstić information content (AvgIpc) is 3.45. The summed E-state index contributed by atoms with van der Waals surface area (Å²) < 4.78 is 38.6. The van der Waals surface area contributed by atoms with Crippen LogP contribution in [0.3, 0.4) is 0 Å². The monoisotopic (exact) mass is 458 g/mol. The summed E-state index contributed by atoms with van der Waals surface area (Å²) in [5.74, 6) is -1.51. The number of anilines is 1. The van der Waals surface area contributed by atoms with Crippen LogP contribution in [0, 0.1) is 17.6 Å². The molecule has 2 aliphatic rings. The van der Waals surface area contributed by atoms with Crippen LogP contribution in [-0.4, -0.2) is 57.2 Å². The maximum atomic E-state index is 14.1. The van der Waals surface area contributed by atoms with E-state index in [0.29, 0.717) is 18.9 Å². The lowest BCUT2D eigenvalue weighted by Gasteiger charge is -2.22. The molecule has 8 heteroatoms. The number of likely N-dealkylation sites (tertiary alicyclic amines) is 1. The molecule has 0 spiro atoms. The first-order chi connectivity index (χ1) is 15.9. The summed E-state index contributed by atoms with van der Waals surface area (Å²) in [5, 5.41) is 0. The Hall–Kier alpha value is -3.00. The van der Waals surface area contributed by atoms with Gasteiger partial charge in [0.1, 0.15) is 12.3 Å². The number of rotatable bonds is 7. The predicted octanol–water partition coefficient (Wildman–Crippen LogP) is 3.53. The van der Waals surface area contributed by atoms with E-state index in [0.717, 1.165) is 53.9 Å². The zero-order valence-electron chi connectivity index (χ0n) is 18.9. The molecule has 0 N–H and O–H groups in total. The molecule has 0 aromatic heterocycles. The van der Waals surface area contributed by atoms with Gasteiger partial charge in [-0.1, -0.05) is 18.2 Å². The van der Waals surface area contributed by atoms with Gasteiger partial charge in [0.05, 0.1) is 12.8 Å². The highest BCUT2D eigenvalue weighted by molar-refractivity contribution is 5.96. The molecule has 2 aromatic carbocycles. The van der Waals surface area contributed by atoms with Crippen molar-refractivity contribution in [2.45, 2.75) is 25.2 Å². The molecule has 2 heterocycles. The van der Waals surface area contributed by atoms with Crippen LogP contribution in [-0.2, 0) is 20.7 Å². The van der Waals surface area contributed by atoms with Gasteiger partial charge in [0.25, 0.3) is 0 Å². The standard InChI is InChI=1S/C25H28F2N2O4/c1-28(21-5-3-4-20(26)25(21)27)24(31)14-29-13-19(12-23(29)30)17-6-7-22(32-2)18(11-17)10-16-8-9-33-15-16/h3-7,11,16,19H,8-10,12-15H2,1-2H3/t16?,19-/m1/s1. The molecule has 33 heavy (non-hydrogen) atoms. The lowest BCUT2D eigenvalue weighted by Crippen LogP contribution is -2.39. The van der Waals surface area contributed by atoms with Crippen molar-refractivity contribution in [1.82, 2.24) is 4.90 Å². The number of nitrogens with zero attached hydrogens (tertiary/aromatic N) is 2. The van der Waals surface area contributed by atoms with E-state index in [1.54, 1.807) is 7.11 Å². The minimum absolute atomic E-state index is 0.0500. The Morgan fingerprint density at radius 2 is 2.09 bits per heavy atom. The highest BCUT2D eigenvalue weighted by Crippen LogP contribution is 2.33. The Bertz CT molecular complexity index is 1040. The predicted molar refractivity (Wildman–Crippen MR) is 119 cm³/mol. The van der Waals surface area contributed by atoms with Gasteiger partial charge < -0.3 is 19.3 Å². The molecular weight excluding hydrogens is 430 g/mol. The Morgan fingerprint density at radius 1 is 1.27 bits per heavy atom. The maximum Gasteiger partial charge on any atom is 0.246 e. The van der Waals surface area contributed by atoms with Crippen molar-refractivity contribution in [3.8, 4) is 5.75 Å². The third kappa shape index (κ3) is 5.00. The van der Waals surface area contributed by atoms with Crippen LogP contribution in [0.1, 0.15) is 29.9 Å². The second-order valence-corrected chi connectivity index (χ2v) is 8.71. The minimum Gasteiger partial charge on any atom is -0.496 e. The topological polar surface area (TPSA) is 59.1 Å². The molecule has 1 unspecified atom stereocenters. The molecule has 0 bridgehead atoms. The van der Waals surface area contributed by atoms with Gasteiger partial charge in [-0.2, -0.15) is 0 Å². The second-order valence-electron chi connectivity index (χ2n) is 8.71. The van der Waals surface area contributed by atoms with Crippen LogP contribution in [0.15, 0.2) is 36.4 Å². The smallest absolute Gasteiger partial charge is 0.246 e. The Labute approximate surface area is 192 Å². The second kappa shape index (κ2) is 9.87. The fraction of sp³-hybridized carbons (Fsp3) is 0.440. The van der Waals surface area contributed by atoms with E-state index in [-0.39, 0.29) is 24.1 Å². The average molecular weight is 459 g/mol. The lowest BCUT2D eigenvalue weighted by molar-refractivity contribution is -0.132. The molecule has 2 atom stereocenters. The quantitative estimate of drug-likeness (QED) is 0.637. The first kappa shape index (κ1) is 23.2. The first-order valence-corrected chi connectivity index (χ1v) is 11.1. The maximum absolute atomic E-state index is 14.1. The number of hydrogen-bond acceptors (Lipinski definition) is 4. The van der Waals surface area contributed by atoms with Crippen LogP contribution in [0.25, 0.3) is 0 Å². The van der Waals surface area contributed by atoms with Crippen LogP contribution in [0.2, 0.25) is 0 Å². The van der Waals surface area contributed by atoms with E-state index in [1.165, 1.54) is 24.1 Å². The Morgan fingerprint density at radius 3 is 2.82 bits per heavy atom. The number of likely N-dealkylation sites (N-methyl/N-ethyl adjacent to an activating group) is 1. The molecule has 0 radical (unpaired) electrons. The molecule has 2 saturated heterocycles. The molecule has 2 aromatic rings. The Kier molecular flexibility index (Phi) is 6.93. The van der Waals surface area contributed by atoms with Gasteiger partial charge in [0, 0.05) is 39.1 Å². The number of ether oxygens (including phenoxy) is 2. The van der Waals surface area contributed by atoms with Gasteiger partial charge in [-0.25, -0.2) is 8.78 Å². The fourth-order valence-corrected chi connectivity index (χ4v) is 4.57. The molecular formula is C25H28F2N2O4. The third-order valence-electron chi connectivity index (χ3n) is 6.52. The molecule has 2 fully saturated rings. The molecule has 6 nitrogen and oxygen atoms in total. The summed E-state index contributed by atoms with van der Waals surface area (Å²) in [7, 11) is 3.02. The number of amides is 2. The summed E-state index contributed by atoms with van der Waals surface area (Å²) in [4.78, 5) is 27.9. The van der Waals surface area contributed by atoms with Gasteiger partial charge in [0.15, 0.2) is 11.6 Å². The first-order valence-electron chi connectivity index (χ1n) is 11.1. The molecule has 2 amide bonds. The van der Waals surface area contributed by atoms with Crippen molar-refractivity contribution in [3.05, 3.63) is 59.2 Å². The van der Waals surface area contributed by atoms with Crippen molar-refractivity contribution < 1.29 is 27.8 Å². The molecule has 4 rings (SSSR count). The minimum atomic E-state index is -1.09. The normalized spacial score (nSPS) is 20.4. The highest BCUT2D eigenvalue weighted by Gasteiger charge is 2.33. The number of methoxy groups -OCH3 is 1. The van der Waals surface area contributed by atoms with E-state index >= 15 is 0 Å². The third-order valence-corrected chi connectivity index (χ3v) is 6.52. The SMILES string of the molecule is COc1ccc([C@@H]2CC(=O)N(CC(=O)N(C)c3cccc(F)c3F)C2)cc1CC1CCOC1. The number of carbonyl (C=O) groups excluding carboxylic acids is 2. The number of carbonyl (C=O) groups is 2. The van der Waals surface area contributed by atoms with Gasteiger partial charge in [-0.15, -0.1) is 0 Å². The van der Waals surface area contributed by atoms with Crippen LogP contribution >= 0.6 is 0 Å². The van der Waals surface area contributed by atoms with E-state index in [1.807, 2.05) is 12.1 Å². The van der Waals surface area contributed by atoms with E-state index < -0.39 is 17.5 Å². The van der Waals surface area contributed by atoms with Crippen molar-refractivity contribution in [1.29, 1.82) is 0 Å². The largest absolute Gasteiger partial charge is 0.496 e. The van der Waals surface area contributed by atoms with E-state index in [2.05, 4.69) is 6.07 Å². The fourth-order valence-electron chi connectivity index (χ4n) is 4.57. The van der Waals surface area contributed by atoms with Crippen molar-refractivity contribution in [2.24, 2.45) is 5.92 Å². The van der Waals surface area contributed by atoms with Crippen LogP contribution < -0.4 is 9.64 Å². The lowest BCUT2D eigenvalue weighted by atomic mass is 9.92. The van der Waals surface area contributed by atoms with Crippen molar-refractivity contribution >= 4 is 17.5 Å². The van der Waals surface area contributed by atoms with Crippen LogP contribution in [0.4, 0.5) is 14.5 Å². The van der Waals surface area contributed by atoms with Gasteiger partial charge in [0.2, 0.25) is 11.8 Å². The van der Waals surface area contributed by atoms with Gasteiger partial charge >= 0.3 is 0 Å². The molecule has 0 saturated carbocycles. The summed E-state index contributed by atoms with van der Waals surface area (Å²) in [6.07, 6.45) is 2.16. The van der Waals surface area contributed by atoms with Crippen molar-refractivity contribution in [3.63, 3.8) is 0 Å². The zero-order chi connectivity index (χ0) is 23.5. The van der Waals surface area contributed by atoms with E-state index in [4.69, 9.17) is 9.47 Å². The summed E-state index contributed by atoms with van der Waals surface area (Å²) in [6.45, 7) is 1.72. The van der Waals surface area contributed by atoms with E-state index in [9.17, 15) is 18.4 Å². The molecule has 176 valence electrons. The number of hydrogen-bond donors (Lipinski definition) is 0. The summed E-state index contributed by atoms with van der Waals surface area (Å²) in [5.41, 5.74) is 1.96. The molecule has 0 aliphatic carbocycles. The van der Waals surface area contributed by atoms with Crippen LogP contribution in [0.5, 0.6) is 5.75 Å². The molecule has 2 aliphatic heterocycles. The van der Waals surface area contributed by atoms with Gasteiger partial charge in [-0.05, 0) is 48.1 Å². The summed E-state index contributed by atoms with van der Waals surface area (Å²) >= 11 is 0. The van der Waals surface area contributed by atoms with Crippen molar-refractivity contribution in [2.75, 3.05) is 45.4 Å². The number of benzene rings is 2. The highest BCUT2D eigenvalue weighted by atomic mass is 19.2. The van der Waals surface area contributed by atoms with Gasteiger partial charge in [-0.3, -0.25) is 9.59 Å². The Balaban J connectivity index is 1.44. The number of halogens is 2. The summed E-state index contributed by atoms with van der Waals surface area (Å²) in [6, 6.07) is 9.65. The zero-order valence-corrected chi connectivity index (χ0v) is 18.9.